The lowest BCUT2D eigenvalue weighted by Crippen LogP contribution is -2.00. The summed E-state index contributed by atoms with van der Waals surface area (Å²) in [4.78, 5) is 0. The van der Waals surface area contributed by atoms with E-state index in [1.165, 1.54) is 24.0 Å². The molecule has 0 saturated heterocycles. The van der Waals surface area contributed by atoms with Crippen LogP contribution < -0.4 is 4.74 Å². The largest absolute Gasteiger partial charge is 0.494 e. The van der Waals surface area contributed by atoms with Gasteiger partial charge >= 0.3 is 0 Å². The van der Waals surface area contributed by atoms with Gasteiger partial charge in [0.2, 0.25) is 0 Å². The highest BCUT2D eigenvalue weighted by Gasteiger charge is 1.98. The molecule has 2 rings (SSSR count). The van der Waals surface area contributed by atoms with Crippen LogP contribution in [0.25, 0.3) is 0 Å². The van der Waals surface area contributed by atoms with Gasteiger partial charge in [0.15, 0.2) is 0 Å². The summed E-state index contributed by atoms with van der Waals surface area (Å²) in [5, 5.41) is 0. The molecule has 0 saturated carbocycles. The van der Waals surface area contributed by atoms with E-state index in [0.717, 1.165) is 44.6 Å². The van der Waals surface area contributed by atoms with Crippen LogP contribution in [0, 0.1) is 0 Å². The van der Waals surface area contributed by atoms with Gasteiger partial charge < -0.3 is 9.47 Å². The summed E-state index contributed by atoms with van der Waals surface area (Å²) in [7, 11) is 0. The molecule has 0 unspecified atom stereocenters. The van der Waals surface area contributed by atoms with Crippen molar-refractivity contribution in [3.8, 4) is 5.75 Å². The lowest BCUT2D eigenvalue weighted by atomic mass is 10.1. The number of benzene rings is 2. The second-order valence-corrected chi connectivity index (χ2v) is 6.20. The van der Waals surface area contributed by atoms with E-state index in [1.54, 1.807) is 0 Å². The lowest BCUT2D eigenvalue weighted by molar-refractivity contribution is 0.116. The maximum absolute atomic E-state index is 5.86. The first-order valence-electron chi connectivity index (χ1n) is 9.22. The molecule has 0 atom stereocenters. The summed E-state index contributed by atoms with van der Waals surface area (Å²) in [5.41, 5.74) is 2.62. The fraction of sp³-hybridized carbons (Fsp3) is 0.455. The van der Waals surface area contributed by atoms with Crippen LogP contribution in [0.3, 0.4) is 0 Å². The van der Waals surface area contributed by atoms with E-state index in [0.29, 0.717) is 6.61 Å². The van der Waals surface area contributed by atoms with Gasteiger partial charge in [0, 0.05) is 6.61 Å². The zero-order chi connectivity index (χ0) is 16.9. The van der Waals surface area contributed by atoms with Gasteiger partial charge in [-0.25, -0.2) is 0 Å². The fourth-order valence-electron chi connectivity index (χ4n) is 2.61. The third kappa shape index (κ3) is 7.65. The summed E-state index contributed by atoms with van der Waals surface area (Å²) in [5.74, 6) is 1.00. The van der Waals surface area contributed by atoms with Gasteiger partial charge in [0.25, 0.3) is 0 Å². The topological polar surface area (TPSA) is 18.5 Å². The maximum Gasteiger partial charge on any atom is 0.119 e. The molecule has 0 aliphatic carbocycles. The van der Waals surface area contributed by atoms with E-state index in [9.17, 15) is 0 Å². The van der Waals surface area contributed by atoms with Gasteiger partial charge in [-0.2, -0.15) is 0 Å². The third-order valence-electron chi connectivity index (χ3n) is 4.03. The Labute approximate surface area is 146 Å². The van der Waals surface area contributed by atoms with E-state index in [4.69, 9.17) is 9.47 Å². The minimum Gasteiger partial charge on any atom is -0.494 e. The molecule has 24 heavy (non-hydrogen) atoms. The van der Waals surface area contributed by atoms with Crippen LogP contribution in [0.2, 0.25) is 0 Å². The summed E-state index contributed by atoms with van der Waals surface area (Å²) in [6, 6.07) is 18.8. The molecule has 2 aromatic carbocycles. The molecule has 0 aliphatic heterocycles. The predicted molar refractivity (Wildman–Crippen MR) is 100 cm³/mol. The van der Waals surface area contributed by atoms with E-state index >= 15 is 0 Å². The van der Waals surface area contributed by atoms with Crippen LogP contribution in [0.5, 0.6) is 5.75 Å². The molecule has 0 spiro atoms. The second kappa shape index (κ2) is 11.7. The van der Waals surface area contributed by atoms with Crippen molar-refractivity contribution in [2.45, 2.75) is 52.1 Å². The zero-order valence-electron chi connectivity index (χ0n) is 14.9. The van der Waals surface area contributed by atoms with Crippen molar-refractivity contribution < 1.29 is 9.47 Å². The minimum absolute atomic E-state index is 0.710. The van der Waals surface area contributed by atoms with Crippen molar-refractivity contribution in [1.29, 1.82) is 0 Å². The highest BCUT2D eigenvalue weighted by atomic mass is 16.5. The van der Waals surface area contributed by atoms with Crippen molar-refractivity contribution in [1.82, 2.24) is 0 Å². The average Bonchev–Trinajstić information content (AvgIpc) is 2.63. The number of aryl methyl sites for hydroxylation is 1. The third-order valence-corrected chi connectivity index (χ3v) is 4.03. The summed E-state index contributed by atoms with van der Waals surface area (Å²) < 4.78 is 11.6. The maximum atomic E-state index is 5.86. The zero-order valence-corrected chi connectivity index (χ0v) is 14.9. The first kappa shape index (κ1) is 18.5. The number of hydrogen-bond donors (Lipinski definition) is 0. The quantitative estimate of drug-likeness (QED) is 0.459. The van der Waals surface area contributed by atoms with Crippen LogP contribution in [0.15, 0.2) is 54.6 Å². The molecule has 0 bridgehead atoms. The van der Waals surface area contributed by atoms with E-state index in [1.807, 2.05) is 18.2 Å². The fourth-order valence-corrected chi connectivity index (χ4v) is 2.61. The summed E-state index contributed by atoms with van der Waals surface area (Å²) in [6.07, 6.45) is 6.93. The van der Waals surface area contributed by atoms with Crippen molar-refractivity contribution >= 4 is 0 Å². The molecule has 0 aromatic heterocycles. The molecule has 130 valence electrons. The van der Waals surface area contributed by atoms with Gasteiger partial charge in [-0.3, -0.25) is 0 Å². The van der Waals surface area contributed by atoms with Crippen LogP contribution in [-0.2, 0) is 17.8 Å². The number of rotatable bonds is 12. The molecule has 0 fully saturated rings. The monoisotopic (exact) mass is 326 g/mol. The Bertz CT molecular complexity index is 551. The van der Waals surface area contributed by atoms with Gasteiger partial charge in [0.05, 0.1) is 13.2 Å². The highest BCUT2D eigenvalue weighted by Crippen LogP contribution is 2.15. The van der Waals surface area contributed by atoms with Crippen LogP contribution >= 0.6 is 0 Å². The van der Waals surface area contributed by atoms with Crippen molar-refractivity contribution in [3.63, 3.8) is 0 Å². The van der Waals surface area contributed by atoms with Crippen LogP contribution in [0.4, 0.5) is 0 Å². The van der Waals surface area contributed by atoms with Crippen LogP contribution in [-0.4, -0.2) is 13.2 Å². The van der Waals surface area contributed by atoms with Gasteiger partial charge in [-0.05, 0) is 55.4 Å². The molecule has 0 N–H and O–H groups in total. The summed E-state index contributed by atoms with van der Waals surface area (Å²) in [6.45, 7) is 4.54. The van der Waals surface area contributed by atoms with E-state index in [2.05, 4.69) is 43.3 Å². The first-order valence-corrected chi connectivity index (χ1v) is 9.22. The number of ether oxygens (including phenoxy) is 2. The molecular formula is C22H30O2. The lowest BCUT2D eigenvalue weighted by Gasteiger charge is -2.08. The van der Waals surface area contributed by atoms with E-state index < -0.39 is 0 Å². The Morgan fingerprint density at radius 1 is 0.750 bits per heavy atom. The Morgan fingerprint density at radius 3 is 2.38 bits per heavy atom. The molecular weight excluding hydrogens is 296 g/mol. The smallest absolute Gasteiger partial charge is 0.119 e. The number of unbranched alkanes of at least 4 members (excludes halogenated alkanes) is 3. The van der Waals surface area contributed by atoms with Gasteiger partial charge in [0.1, 0.15) is 5.75 Å². The second-order valence-electron chi connectivity index (χ2n) is 6.20. The summed E-state index contributed by atoms with van der Waals surface area (Å²) >= 11 is 0. The molecule has 2 heteroatoms. The molecule has 0 heterocycles. The van der Waals surface area contributed by atoms with Crippen molar-refractivity contribution in [2.24, 2.45) is 0 Å². The molecule has 0 aliphatic rings. The Hall–Kier alpha value is -1.80. The Kier molecular flexibility index (Phi) is 9.03. The molecule has 0 amide bonds. The minimum atomic E-state index is 0.710. The molecule has 2 nitrogen and oxygen atoms in total. The van der Waals surface area contributed by atoms with Gasteiger partial charge in [-0.1, -0.05) is 55.8 Å². The Morgan fingerprint density at radius 2 is 1.54 bits per heavy atom. The normalized spacial score (nSPS) is 10.7. The molecule has 0 radical (unpaired) electrons. The standard InChI is InChI=1S/C22H30O2/c1-2-3-11-20-14-10-15-22(18-20)24-17-9-5-8-16-23-19-21-12-6-4-7-13-21/h4,6-7,10,12-15,18H,2-3,5,8-9,11,16-17,19H2,1H3. The predicted octanol–water partition coefficient (Wildman–Crippen LogP) is 5.80. The molecule has 2 aromatic rings. The van der Waals surface area contributed by atoms with E-state index in [-0.39, 0.29) is 0 Å². The van der Waals surface area contributed by atoms with Crippen molar-refractivity contribution in [2.75, 3.05) is 13.2 Å². The van der Waals surface area contributed by atoms with Crippen LogP contribution in [0.1, 0.15) is 50.2 Å². The van der Waals surface area contributed by atoms with Crippen molar-refractivity contribution in [3.05, 3.63) is 65.7 Å². The average molecular weight is 326 g/mol. The number of hydrogen-bond acceptors (Lipinski definition) is 2. The Balaban J connectivity index is 1.50. The first-order chi connectivity index (χ1) is 11.9. The highest BCUT2D eigenvalue weighted by molar-refractivity contribution is 5.28. The van der Waals surface area contributed by atoms with Gasteiger partial charge in [-0.15, -0.1) is 0 Å². The SMILES string of the molecule is CCCCc1cccc(OCCCCCOCc2ccccc2)c1.